The summed E-state index contributed by atoms with van der Waals surface area (Å²) in [5.41, 5.74) is 4.24. The van der Waals surface area contributed by atoms with E-state index in [1.807, 2.05) is 77.5 Å². The molecular weight excluding hydrogens is 386 g/mol. The summed E-state index contributed by atoms with van der Waals surface area (Å²) < 4.78 is 7.38. The highest BCUT2D eigenvalue weighted by Gasteiger charge is 2.12. The number of methoxy groups -OCH3 is 1. The minimum absolute atomic E-state index is 0.0876. The first-order chi connectivity index (χ1) is 14.1. The van der Waals surface area contributed by atoms with Gasteiger partial charge in [0, 0.05) is 29.4 Å². The maximum absolute atomic E-state index is 12.5. The molecule has 4 aromatic rings. The molecule has 29 heavy (non-hydrogen) atoms. The molecule has 0 fully saturated rings. The lowest BCUT2D eigenvalue weighted by molar-refractivity contribution is -0.116. The fourth-order valence-electron chi connectivity index (χ4n) is 3.20. The van der Waals surface area contributed by atoms with E-state index in [1.54, 1.807) is 7.11 Å². The molecule has 5 nitrogen and oxygen atoms in total. The number of nitrogens with zero attached hydrogens (tertiary/aromatic N) is 2. The first-order valence-electron chi connectivity index (χ1n) is 9.29. The first-order valence-corrected chi connectivity index (χ1v) is 9.66. The predicted octanol–water partition coefficient (Wildman–Crippen LogP) is 5.23. The number of benzene rings is 2. The monoisotopic (exact) mass is 405 g/mol. The van der Waals surface area contributed by atoms with Crippen LogP contribution in [0.1, 0.15) is 12.0 Å². The molecule has 0 saturated carbocycles. The van der Waals surface area contributed by atoms with Crippen molar-refractivity contribution >= 4 is 28.8 Å². The number of carbonyl (C=O) groups is 1. The molecule has 2 aromatic heterocycles. The molecule has 0 bridgehead atoms. The summed E-state index contributed by atoms with van der Waals surface area (Å²) in [6.45, 7) is 0. The number of anilines is 1. The smallest absolute Gasteiger partial charge is 0.224 e. The normalized spacial score (nSPS) is 10.8. The largest absolute Gasteiger partial charge is 0.495 e. The average Bonchev–Trinajstić information content (AvgIpc) is 3.17. The summed E-state index contributed by atoms with van der Waals surface area (Å²) in [7, 11) is 1.58. The van der Waals surface area contributed by atoms with E-state index < -0.39 is 0 Å². The van der Waals surface area contributed by atoms with Gasteiger partial charge in [-0.15, -0.1) is 0 Å². The number of rotatable bonds is 6. The lowest BCUT2D eigenvalue weighted by Gasteiger charge is -2.12. The summed E-state index contributed by atoms with van der Waals surface area (Å²) in [5.74, 6) is 0.518. The van der Waals surface area contributed by atoms with E-state index in [9.17, 15) is 4.79 Å². The van der Waals surface area contributed by atoms with Crippen LogP contribution in [-0.4, -0.2) is 22.4 Å². The van der Waals surface area contributed by atoms with Crippen molar-refractivity contribution in [3.63, 3.8) is 0 Å². The molecule has 146 valence electrons. The van der Waals surface area contributed by atoms with Gasteiger partial charge >= 0.3 is 0 Å². The molecule has 0 unspecified atom stereocenters. The minimum atomic E-state index is -0.0876. The molecule has 1 N–H and O–H groups in total. The number of hydrogen-bond donors (Lipinski definition) is 1. The second-order valence-corrected chi connectivity index (χ2v) is 7.12. The van der Waals surface area contributed by atoms with Gasteiger partial charge in [0.2, 0.25) is 5.91 Å². The number of nitrogens with one attached hydrogen (secondary N) is 1. The average molecular weight is 406 g/mol. The Morgan fingerprint density at radius 3 is 2.83 bits per heavy atom. The standard InChI is InChI=1S/C23H20ClN3O2/c1-29-21-10-9-17(20-15-27-12-3-2-7-22(27)25-20)14-19(21)26-23(28)11-8-16-5-4-6-18(24)13-16/h2-7,9-10,12-15H,8,11H2,1H3,(H,26,28). The van der Waals surface area contributed by atoms with Crippen molar-refractivity contribution in [1.82, 2.24) is 9.38 Å². The molecule has 2 aromatic carbocycles. The number of aryl methyl sites for hydroxylation is 1. The number of hydrogen-bond acceptors (Lipinski definition) is 3. The lowest BCUT2D eigenvalue weighted by Crippen LogP contribution is -2.13. The highest BCUT2D eigenvalue weighted by Crippen LogP contribution is 2.30. The summed E-state index contributed by atoms with van der Waals surface area (Å²) in [5, 5.41) is 3.63. The van der Waals surface area contributed by atoms with Gasteiger partial charge in [-0.25, -0.2) is 4.98 Å². The van der Waals surface area contributed by atoms with Crippen molar-refractivity contribution in [3.05, 3.63) is 83.6 Å². The van der Waals surface area contributed by atoms with Gasteiger partial charge in [0.05, 0.1) is 18.5 Å². The van der Waals surface area contributed by atoms with Crippen LogP contribution in [0.5, 0.6) is 5.75 Å². The first kappa shape index (κ1) is 19.0. The zero-order chi connectivity index (χ0) is 20.2. The van der Waals surface area contributed by atoms with E-state index >= 15 is 0 Å². The number of fused-ring (bicyclic) bond motifs is 1. The Kier molecular flexibility index (Phi) is 5.49. The van der Waals surface area contributed by atoms with E-state index in [1.165, 1.54) is 0 Å². The molecular formula is C23H20ClN3O2. The van der Waals surface area contributed by atoms with Gasteiger partial charge in [-0.2, -0.15) is 0 Å². The fourth-order valence-corrected chi connectivity index (χ4v) is 3.41. The van der Waals surface area contributed by atoms with E-state index in [0.29, 0.717) is 29.3 Å². The topological polar surface area (TPSA) is 55.6 Å². The Bertz CT molecular complexity index is 1140. The van der Waals surface area contributed by atoms with Crippen molar-refractivity contribution in [2.24, 2.45) is 0 Å². The number of amides is 1. The zero-order valence-corrected chi connectivity index (χ0v) is 16.7. The summed E-state index contributed by atoms with van der Waals surface area (Å²) >= 11 is 6.01. The predicted molar refractivity (Wildman–Crippen MR) is 116 cm³/mol. The van der Waals surface area contributed by atoms with Crippen LogP contribution in [0.4, 0.5) is 5.69 Å². The Labute approximate surface area is 173 Å². The molecule has 0 saturated heterocycles. The third kappa shape index (κ3) is 4.41. The SMILES string of the molecule is COc1ccc(-c2cn3ccccc3n2)cc1NC(=O)CCc1cccc(Cl)c1. The Morgan fingerprint density at radius 2 is 2.03 bits per heavy atom. The van der Waals surface area contributed by atoms with Gasteiger partial charge in [0.25, 0.3) is 0 Å². The second-order valence-electron chi connectivity index (χ2n) is 6.69. The van der Waals surface area contributed by atoms with Gasteiger partial charge in [-0.3, -0.25) is 4.79 Å². The minimum Gasteiger partial charge on any atom is -0.495 e. The molecule has 4 rings (SSSR count). The van der Waals surface area contributed by atoms with Gasteiger partial charge in [0.15, 0.2) is 0 Å². The third-order valence-corrected chi connectivity index (χ3v) is 4.90. The molecule has 0 aliphatic rings. The molecule has 6 heteroatoms. The number of ether oxygens (including phenoxy) is 1. The van der Waals surface area contributed by atoms with E-state index in [2.05, 4.69) is 10.3 Å². The second kappa shape index (κ2) is 8.37. The van der Waals surface area contributed by atoms with Crippen LogP contribution in [0.15, 0.2) is 73.1 Å². The van der Waals surface area contributed by atoms with Crippen molar-refractivity contribution in [2.45, 2.75) is 12.8 Å². The number of carbonyl (C=O) groups excluding carboxylic acids is 1. The quantitative estimate of drug-likeness (QED) is 0.477. The summed E-state index contributed by atoms with van der Waals surface area (Å²) in [4.78, 5) is 17.1. The number of aromatic nitrogens is 2. The maximum Gasteiger partial charge on any atom is 0.224 e. The Morgan fingerprint density at radius 1 is 1.14 bits per heavy atom. The molecule has 0 aliphatic carbocycles. The third-order valence-electron chi connectivity index (χ3n) is 4.66. The van der Waals surface area contributed by atoms with Crippen LogP contribution < -0.4 is 10.1 Å². The number of pyridine rings is 1. The maximum atomic E-state index is 12.5. The molecule has 1 amide bonds. The Hall–Kier alpha value is -3.31. The van der Waals surface area contributed by atoms with E-state index in [-0.39, 0.29) is 5.91 Å². The highest BCUT2D eigenvalue weighted by atomic mass is 35.5. The van der Waals surface area contributed by atoms with Crippen molar-refractivity contribution < 1.29 is 9.53 Å². The van der Waals surface area contributed by atoms with Gasteiger partial charge in [0.1, 0.15) is 11.4 Å². The number of imidazole rings is 1. The zero-order valence-electron chi connectivity index (χ0n) is 15.9. The van der Waals surface area contributed by atoms with Crippen LogP contribution in [0.25, 0.3) is 16.9 Å². The van der Waals surface area contributed by atoms with Crippen LogP contribution in [0, 0.1) is 0 Å². The van der Waals surface area contributed by atoms with Crippen molar-refractivity contribution in [2.75, 3.05) is 12.4 Å². The van der Waals surface area contributed by atoms with Crippen LogP contribution in [0.2, 0.25) is 5.02 Å². The number of halogens is 1. The highest BCUT2D eigenvalue weighted by molar-refractivity contribution is 6.30. The van der Waals surface area contributed by atoms with Crippen LogP contribution in [0.3, 0.4) is 0 Å². The molecule has 2 heterocycles. The lowest BCUT2D eigenvalue weighted by atomic mass is 10.1. The van der Waals surface area contributed by atoms with E-state index in [4.69, 9.17) is 16.3 Å². The fraction of sp³-hybridized carbons (Fsp3) is 0.130. The molecule has 0 radical (unpaired) electrons. The van der Waals surface area contributed by atoms with Crippen molar-refractivity contribution in [1.29, 1.82) is 0 Å². The van der Waals surface area contributed by atoms with E-state index in [0.717, 1.165) is 22.5 Å². The van der Waals surface area contributed by atoms with Crippen LogP contribution >= 0.6 is 11.6 Å². The van der Waals surface area contributed by atoms with Gasteiger partial charge in [-0.1, -0.05) is 29.8 Å². The summed E-state index contributed by atoms with van der Waals surface area (Å²) in [6.07, 6.45) is 4.87. The van der Waals surface area contributed by atoms with Crippen LogP contribution in [-0.2, 0) is 11.2 Å². The molecule has 0 spiro atoms. The van der Waals surface area contributed by atoms with Gasteiger partial charge < -0.3 is 14.5 Å². The molecule has 0 aliphatic heterocycles. The van der Waals surface area contributed by atoms with Crippen molar-refractivity contribution in [3.8, 4) is 17.0 Å². The van der Waals surface area contributed by atoms with Gasteiger partial charge in [-0.05, 0) is 54.4 Å². The Balaban J connectivity index is 1.52. The summed E-state index contributed by atoms with van der Waals surface area (Å²) in [6, 6.07) is 19.1. The molecule has 0 atom stereocenters.